The first-order valence-corrected chi connectivity index (χ1v) is 6.08. The van der Waals surface area contributed by atoms with E-state index >= 15 is 0 Å². The van der Waals surface area contributed by atoms with Gasteiger partial charge in [-0.2, -0.15) is 13.2 Å². The van der Waals surface area contributed by atoms with Crippen LogP contribution in [0.2, 0.25) is 19.1 Å². The highest BCUT2D eigenvalue weighted by molar-refractivity contribution is 6.79. The number of alkyl halides is 3. The number of rotatable bonds is 1. The Balaban J connectivity index is 4.14. The van der Waals surface area contributed by atoms with Crippen LogP contribution < -0.4 is 0 Å². The topological polar surface area (TPSA) is 0 Å². The summed E-state index contributed by atoms with van der Waals surface area (Å²) in [6, 6.07) is 0.274. The molecular formula is C5H11F3Si. The first-order chi connectivity index (χ1) is 3.81. The molecule has 56 valence electrons. The quantitative estimate of drug-likeness (QED) is 0.512. The summed E-state index contributed by atoms with van der Waals surface area (Å²) in [6.07, 6.45) is 0. The van der Waals surface area contributed by atoms with Crippen molar-refractivity contribution in [3.05, 3.63) is 0 Å². The van der Waals surface area contributed by atoms with Gasteiger partial charge in [-0.1, -0.05) is 26.1 Å². The molecule has 0 aliphatic carbocycles. The molecule has 0 amide bonds. The fourth-order valence-electron chi connectivity index (χ4n) is 0.200. The molecule has 0 spiro atoms. The van der Waals surface area contributed by atoms with Crippen molar-refractivity contribution in [1.29, 1.82) is 0 Å². The Kier molecular flexibility index (Phi) is 2.33. The lowest BCUT2D eigenvalue weighted by molar-refractivity contribution is -0.0560. The summed E-state index contributed by atoms with van der Waals surface area (Å²) in [5.74, 6) is -3.91. The van der Waals surface area contributed by atoms with Gasteiger partial charge in [0.15, 0.2) is 8.07 Å². The normalized spacial score (nSPS) is 14.0. The molecule has 0 saturated carbocycles. The van der Waals surface area contributed by atoms with E-state index in [4.69, 9.17) is 0 Å². The number of hydrogen-bond acceptors (Lipinski definition) is 0. The van der Waals surface area contributed by atoms with Gasteiger partial charge in [0, 0.05) is 0 Å². The molecule has 0 nitrogen and oxygen atoms in total. The molecule has 0 N–H and O–H groups in total. The summed E-state index contributed by atoms with van der Waals surface area (Å²) < 4.78 is 35.7. The van der Waals surface area contributed by atoms with Crippen LogP contribution in [-0.4, -0.2) is 13.9 Å². The first-order valence-electron chi connectivity index (χ1n) is 2.88. The Morgan fingerprint density at radius 1 is 1.22 bits per heavy atom. The van der Waals surface area contributed by atoms with E-state index in [1.54, 1.807) is 6.92 Å². The van der Waals surface area contributed by atoms with Crippen molar-refractivity contribution < 1.29 is 13.2 Å². The minimum absolute atomic E-state index is 0.274. The van der Waals surface area contributed by atoms with Crippen LogP contribution in [0.4, 0.5) is 13.2 Å². The van der Waals surface area contributed by atoms with Crippen LogP contribution in [0, 0.1) is 0 Å². The van der Waals surface area contributed by atoms with Crippen molar-refractivity contribution in [2.75, 3.05) is 0 Å². The zero-order valence-electron chi connectivity index (χ0n) is 5.84. The van der Waals surface area contributed by atoms with Crippen LogP contribution in [0.25, 0.3) is 0 Å². The average Bonchev–Trinajstić information content (AvgIpc) is 1.64. The Labute approximate surface area is 54.1 Å². The van der Waals surface area contributed by atoms with E-state index in [9.17, 15) is 13.2 Å². The zero-order valence-corrected chi connectivity index (χ0v) is 6.84. The molecule has 4 heteroatoms. The number of halogens is 3. The predicted octanol–water partition coefficient (Wildman–Crippen LogP) is 2.82. The van der Waals surface area contributed by atoms with Crippen molar-refractivity contribution in [3.8, 4) is 0 Å². The average molecular weight is 156 g/mol. The van der Waals surface area contributed by atoms with Gasteiger partial charge in [0.25, 0.3) is 0 Å². The van der Waals surface area contributed by atoms with E-state index < -0.39 is 13.9 Å². The maximum Gasteiger partial charge on any atom is 0.361 e. The lowest BCUT2D eigenvalue weighted by atomic mass is 11.0. The fourth-order valence-corrected chi connectivity index (χ4v) is 0.601. The molecule has 0 aromatic carbocycles. The van der Waals surface area contributed by atoms with Crippen molar-refractivity contribution in [1.82, 2.24) is 0 Å². The molecule has 9 heavy (non-hydrogen) atoms. The third-order valence-corrected chi connectivity index (χ3v) is 4.95. The molecule has 0 fully saturated rings. The zero-order chi connectivity index (χ0) is 7.71. The van der Waals surface area contributed by atoms with Crippen LogP contribution >= 0.6 is 0 Å². The standard InChI is InChI=1S/C5H11F3Si/c1-4-9(2,3)5(6,7)8/h4H2,1-3H3. The van der Waals surface area contributed by atoms with Crippen molar-refractivity contribution in [2.24, 2.45) is 0 Å². The van der Waals surface area contributed by atoms with E-state index in [1.165, 1.54) is 13.1 Å². The second kappa shape index (κ2) is 2.32. The molecule has 0 unspecified atom stereocenters. The van der Waals surface area contributed by atoms with Gasteiger partial charge in [-0.05, 0) is 0 Å². The Morgan fingerprint density at radius 2 is 1.56 bits per heavy atom. The third kappa shape index (κ3) is 2.00. The first kappa shape index (κ1) is 9.01. The Hall–Kier alpha value is 0.00688. The molecule has 0 atom stereocenters. The second-order valence-electron chi connectivity index (χ2n) is 2.74. The monoisotopic (exact) mass is 156 g/mol. The summed E-state index contributed by atoms with van der Waals surface area (Å²) in [6.45, 7) is 4.28. The summed E-state index contributed by atoms with van der Waals surface area (Å²) in [5, 5.41) is 0. The van der Waals surface area contributed by atoms with Gasteiger partial charge >= 0.3 is 5.80 Å². The predicted molar refractivity (Wildman–Crippen MR) is 34.0 cm³/mol. The summed E-state index contributed by atoms with van der Waals surface area (Å²) in [7, 11) is -2.88. The van der Waals surface area contributed by atoms with Crippen LogP contribution in [0.15, 0.2) is 0 Å². The molecule has 0 bridgehead atoms. The Morgan fingerprint density at radius 3 is 1.56 bits per heavy atom. The molecule has 0 aliphatic heterocycles. The van der Waals surface area contributed by atoms with Gasteiger partial charge in [-0.3, -0.25) is 0 Å². The maximum atomic E-state index is 11.9. The highest BCUT2D eigenvalue weighted by Crippen LogP contribution is 2.30. The third-order valence-electron chi connectivity index (χ3n) is 1.65. The molecule has 0 aromatic heterocycles. The second-order valence-corrected chi connectivity index (χ2v) is 7.78. The molecule has 0 aliphatic rings. The van der Waals surface area contributed by atoms with Gasteiger partial charge in [0.1, 0.15) is 0 Å². The van der Waals surface area contributed by atoms with E-state index in [2.05, 4.69) is 0 Å². The maximum absolute atomic E-state index is 11.9. The van der Waals surface area contributed by atoms with Gasteiger partial charge in [-0.25, -0.2) is 0 Å². The van der Waals surface area contributed by atoms with Crippen molar-refractivity contribution in [3.63, 3.8) is 0 Å². The summed E-state index contributed by atoms with van der Waals surface area (Å²) in [5.41, 5.74) is 0. The highest BCUT2D eigenvalue weighted by atomic mass is 28.3. The van der Waals surface area contributed by atoms with Crippen molar-refractivity contribution >= 4 is 8.07 Å². The molecular weight excluding hydrogens is 145 g/mol. The Bertz CT molecular complexity index is 94.9. The molecule has 0 aromatic rings. The number of hydrogen-bond donors (Lipinski definition) is 0. The molecule has 0 heterocycles. The van der Waals surface area contributed by atoms with E-state index in [-0.39, 0.29) is 6.04 Å². The lowest BCUT2D eigenvalue weighted by Crippen LogP contribution is -2.43. The largest absolute Gasteiger partial charge is 0.361 e. The van der Waals surface area contributed by atoms with Crippen LogP contribution in [-0.2, 0) is 0 Å². The van der Waals surface area contributed by atoms with Gasteiger partial charge in [0.2, 0.25) is 0 Å². The van der Waals surface area contributed by atoms with Gasteiger partial charge < -0.3 is 0 Å². The van der Waals surface area contributed by atoms with E-state index in [0.29, 0.717) is 0 Å². The highest BCUT2D eigenvalue weighted by Gasteiger charge is 2.47. The molecule has 0 rings (SSSR count). The van der Waals surface area contributed by atoms with Gasteiger partial charge in [-0.15, -0.1) is 0 Å². The van der Waals surface area contributed by atoms with Crippen LogP contribution in [0.1, 0.15) is 6.92 Å². The van der Waals surface area contributed by atoms with Crippen LogP contribution in [0.3, 0.4) is 0 Å². The minimum Gasteiger partial charge on any atom is -0.177 e. The fraction of sp³-hybridized carbons (Fsp3) is 1.00. The SMILES string of the molecule is CC[Si](C)(C)C(F)(F)F. The van der Waals surface area contributed by atoms with Gasteiger partial charge in [0.05, 0.1) is 0 Å². The van der Waals surface area contributed by atoms with Crippen molar-refractivity contribution in [2.45, 2.75) is 31.9 Å². The van der Waals surface area contributed by atoms with E-state index in [1.807, 2.05) is 0 Å². The summed E-state index contributed by atoms with van der Waals surface area (Å²) >= 11 is 0. The molecule has 0 radical (unpaired) electrons. The minimum atomic E-state index is -3.91. The smallest absolute Gasteiger partial charge is 0.177 e. The molecule has 0 saturated heterocycles. The van der Waals surface area contributed by atoms with E-state index in [0.717, 1.165) is 0 Å². The van der Waals surface area contributed by atoms with Crippen LogP contribution in [0.5, 0.6) is 0 Å². The lowest BCUT2D eigenvalue weighted by Gasteiger charge is -2.22. The summed E-state index contributed by atoms with van der Waals surface area (Å²) in [4.78, 5) is 0.